The SMILES string of the molecule is c1coc(CCNC(C2CC2)C2CC2)c1. The molecule has 15 heavy (non-hydrogen) atoms. The van der Waals surface area contributed by atoms with Crippen molar-refractivity contribution in [3.05, 3.63) is 24.2 Å². The van der Waals surface area contributed by atoms with Crippen LogP contribution >= 0.6 is 0 Å². The van der Waals surface area contributed by atoms with E-state index in [1.54, 1.807) is 6.26 Å². The predicted octanol–water partition coefficient (Wildman–Crippen LogP) is 2.60. The van der Waals surface area contributed by atoms with Gasteiger partial charge in [0.15, 0.2) is 0 Å². The van der Waals surface area contributed by atoms with E-state index in [0.717, 1.165) is 36.6 Å². The van der Waals surface area contributed by atoms with Crippen LogP contribution < -0.4 is 5.32 Å². The lowest BCUT2D eigenvalue weighted by atomic mass is 10.1. The highest BCUT2D eigenvalue weighted by Gasteiger charge is 2.40. The maximum Gasteiger partial charge on any atom is 0.105 e. The number of furan rings is 1. The number of hydrogen-bond donors (Lipinski definition) is 1. The zero-order chi connectivity index (χ0) is 10.1. The minimum Gasteiger partial charge on any atom is -0.469 e. The smallest absolute Gasteiger partial charge is 0.105 e. The van der Waals surface area contributed by atoms with Gasteiger partial charge in [0, 0.05) is 19.0 Å². The van der Waals surface area contributed by atoms with Crippen molar-refractivity contribution in [2.45, 2.75) is 38.1 Å². The average molecular weight is 205 g/mol. The molecule has 0 amide bonds. The Kier molecular flexibility index (Phi) is 2.53. The minimum absolute atomic E-state index is 0.819. The van der Waals surface area contributed by atoms with Crippen LogP contribution in [0.4, 0.5) is 0 Å². The zero-order valence-electron chi connectivity index (χ0n) is 9.11. The molecule has 0 atom stereocenters. The summed E-state index contributed by atoms with van der Waals surface area (Å²) in [5.74, 6) is 3.09. The fourth-order valence-corrected chi connectivity index (χ4v) is 2.45. The quantitative estimate of drug-likeness (QED) is 0.772. The van der Waals surface area contributed by atoms with Crippen molar-refractivity contribution in [1.29, 1.82) is 0 Å². The van der Waals surface area contributed by atoms with Crippen molar-refractivity contribution < 1.29 is 4.42 Å². The Morgan fingerprint density at radius 2 is 2.00 bits per heavy atom. The lowest BCUT2D eigenvalue weighted by Crippen LogP contribution is -2.34. The van der Waals surface area contributed by atoms with Crippen LogP contribution in [0.2, 0.25) is 0 Å². The molecule has 1 N–H and O–H groups in total. The monoisotopic (exact) mass is 205 g/mol. The van der Waals surface area contributed by atoms with Gasteiger partial charge in [-0.2, -0.15) is 0 Å². The molecule has 0 radical (unpaired) electrons. The first-order chi connectivity index (χ1) is 7.43. The van der Waals surface area contributed by atoms with Crippen LogP contribution in [0.25, 0.3) is 0 Å². The molecule has 1 aromatic heterocycles. The van der Waals surface area contributed by atoms with Crippen LogP contribution in [-0.2, 0) is 6.42 Å². The van der Waals surface area contributed by atoms with E-state index in [9.17, 15) is 0 Å². The minimum atomic E-state index is 0.819. The second kappa shape index (κ2) is 4.01. The summed E-state index contributed by atoms with van der Waals surface area (Å²) >= 11 is 0. The summed E-state index contributed by atoms with van der Waals surface area (Å²) < 4.78 is 5.33. The fraction of sp³-hybridized carbons (Fsp3) is 0.692. The third-order valence-corrected chi connectivity index (χ3v) is 3.59. The summed E-state index contributed by atoms with van der Waals surface area (Å²) in [6.45, 7) is 1.07. The first kappa shape index (κ1) is 9.46. The summed E-state index contributed by atoms with van der Waals surface area (Å²) in [4.78, 5) is 0. The van der Waals surface area contributed by atoms with Gasteiger partial charge in [0.25, 0.3) is 0 Å². The van der Waals surface area contributed by atoms with Gasteiger partial charge in [0.2, 0.25) is 0 Å². The van der Waals surface area contributed by atoms with E-state index >= 15 is 0 Å². The van der Waals surface area contributed by atoms with Gasteiger partial charge in [-0.25, -0.2) is 0 Å². The van der Waals surface area contributed by atoms with Gasteiger partial charge in [0.05, 0.1) is 6.26 Å². The van der Waals surface area contributed by atoms with Gasteiger partial charge in [0.1, 0.15) is 5.76 Å². The Labute approximate surface area is 91.0 Å². The molecule has 1 aromatic rings. The van der Waals surface area contributed by atoms with Crippen LogP contribution in [0.5, 0.6) is 0 Å². The molecule has 3 rings (SSSR count). The topological polar surface area (TPSA) is 25.2 Å². The van der Waals surface area contributed by atoms with Crippen molar-refractivity contribution in [2.75, 3.05) is 6.54 Å². The lowest BCUT2D eigenvalue weighted by Gasteiger charge is -2.16. The summed E-state index contributed by atoms with van der Waals surface area (Å²) in [5.41, 5.74) is 0. The molecule has 0 aliphatic heterocycles. The molecular formula is C13H19NO. The molecule has 2 fully saturated rings. The Balaban J connectivity index is 1.44. The Morgan fingerprint density at radius 1 is 1.27 bits per heavy atom. The summed E-state index contributed by atoms with van der Waals surface area (Å²) in [6.07, 6.45) is 8.60. The van der Waals surface area contributed by atoms with Crippen molar-refractivity contribution in [3.8, 4) is 0 Å². The van der Waals surface area contributed by atoms with E-state index in [2.05, 4.69) is 11.4 Å². The molecule has 0 saturated heterocycles. The maximum absolute atomic E-state index is 5.33. The second-order valence-corrected chi connectivity index (χ2v) is 4.98. The highest BCUT2D eigenvalue weighted by Crippen LogP contribution is 2.44. The molecule has 2 aliphatic rings. The normalized spacial score (nSPS) is 21.1. The van der Waals surface area contributed by atoms with E-state index in [1.807, 2.05) is 6.07 Å². The number of rotatable bonds is 6. The van der Waals surface area contributed by atoms with E-state index in [1.165, 1.54) is 25.7 Å². The Bertz CT molecular complexity index is 286. The van der Waals surface area contributed by atoms with Crippen molar-refractivity contribution in [2.24, 2.45) is 11.8 Å². The molecule has 1 heterocycles. The number of nitrogens with one attached hydrogen (secondary N) is 1. The molecule has 2 aliphatic carbocycles. The lowest BCUT2D eigenvalue weighted by molar-refractivity contribution is 0.408. The van der Waals surface area contributed by atoms with Gasteiger partial charge in [-0.15, -0.1) is 0 Å². The largest absolute Gasteiger partial charge is 0.469 e. The second-order valence-electron chi connectivity index (χ2n) is 4.98. The van der Waals surface area contributed by atoms with Crippen molar-refractivity contribution in [3.63, 3.8) is 0 Å². The molecule has 82 valence electrons. The number of hydrogen-bond acceptors (Lipinski definition) is 2. The first-order valence-electron chi connectivity index (χ1n) is 6.19. The molecule has 0 unspecified atom stereocenters. The standard InChI is InChI=1S/C13H19NO/c1-2-12(15-9-1)7-8-14-13(10-3-4-10)11-5-6-11/h1-2,9-11,13-14H,3-8H2. The van der Waals surface area contributed by atoms with Crippen molar-refractivity contribution in [1.82, 2.24) is 5.32 Å². The van der Waals surface area contributed by atoms with Gasteiger partial charge in [-0.3, -0.25) is 0 Å². The maximum atomic E-state index is 5.33. The van der Waals surface area contributed by atoms with Gasteiger partial charge in [-0.05, 0) is 49.7 Å². The van der Waals surface area contributed by atoms with Crippen molar-refractivity contribution >= 4 is 0 Å². The third-order valence-electron chi connectivity index (χ3n) is 3.59. The molecule has 2 nitrogen and oxygen atoms in total. The van der Waals surface area contributed by atoms with Gasteiger partial charge >= 0.3 is 0 Å². The Hall–Kier alpha value is -0.760. The van der Waals surface area contributed by atoms with Crippen LogP contribution in [0, 0.1) is 11.8 Å². The molecule has 0 bridgehead atoms. The van der Waals surface area contributed by atoms with E-state index in [0.29, 0.717) is 0 Å². The highest BCUT2D eigenvalue weighted by atomic mass is 16.3. The summed E-state index contributed by atoms with van der Waals surface area (Å²) in [6, 6.07) is 4.85. The summed E-state index contributed by atoms with van der Waals surface area (Å²) in [5, 5.41) is 3.72. The summed E-state index contributed by atoms with van der Waals surface area (Å²) in [7, 11) is 0. The van der Waals surface area contributed by atoms with Gasteiger partial charge < -0.3 is 9.73 Å². The van der Waals surface area contributed by atoms with Crippen LogP contribution in [-0.4, -0.2) is 12.6 Å². The molecular weight excluding hydrogens is 186 g/mol. The van der Waals surface area contributed by atoms with Gasteiger partial charge in [-0.1, -0.05) is 0 Å². The van der Waals surface area contributed by atoms with E-state index in [4.69, 9.17) is 4.42 Å². The van der Waals surface area contributed by atoms with E-state index < -0.39 is 0 Å². The van der Waals surface area contributed by atoms with Crippen LogP contribution in [0.3, 0.4) is 0 Å². The first-order valence-corrected chi connectivity index (χ1v) is 6.19. The molecule has 2 saturated carbocycles. The fourth-order valence-electron chi connectivity index (χ4n) is 2.45. The van der Waals surface area contributed by atoms with E-state index in [-0.39, 0.29) is 0 Å². The average Bonchev–Trinajstić information content (AvgIpc) is 3.15. The Morgan fingerprint density at radius 3 is 2.53 bits per heavy atom. The molecule has 2 heteroatoms. The zero-order valence-corrected chi connectivity index (χ0v) is 9.11. The van der Waals surface area contributed by atoms with Crippen LogP contribution in [0.1, 0.15) is 31.4 Å². The van der Waals surface area contributed by atoms with Crippen LogP contribution in [0.15, 0.2) is 22.8 Å². The molecule has 0 aromatic carbocycles. The predicted molar refractivity (Wildman–Crippen MR) is 59.7 cm³/mol. The third kappa shape index (κ3) is 2.43. The molecule has 0 spiro atoms. The highest BCUT2D eigenvalue weighted by molar-refractivity contribution is 5.00.